The summed E-state index contributed by atoms with van der Waals surface area (Å²) < 4.78 is 0. The maximum atomic E-state index is 7.51. The molecule has 0 saturated carbocycles. The Morgan fingerprint density at radius 1 is 1.20 bits per heavy atom. The van der Waals surface area contributed by atoms with Crippen LogP contribution in [0.4, 0.5) is 0 Å². The molecular weight excluding hydrogens is 188 g/mol. The Bertz CT molecular complexity index is 343. The van der Waals surface area contributed by atoms with Gasteiger partial charge < -0.3 is 11.1 Å². The van der Waals surface area contributed by atoms with Gasteiger partial charge in [0.2, 0.25) is 0 Å². The van der Waals surface area contributed by atoms with Crippen LogP contribution in [0.1, 0.15) is 5.56 Å². The third kappa shape index (κ3) is 14.4. The highest BCUT2D eigenvalue weighted by molar-refractivity contribution is 5.45. The second-order valence-corrected chi connectivity index (χ2v) is 2.04. The molecule has 0 aromatic heterocycles. The van der Waals surface area contributed by atoms with E-state index in [9.17, 15) is 0 Å². The first-order valence-corrected chi connectivity index (χ1v) is 3.93. The third-order valence-corrected chi connectivity index (χ3v) is 1.13. The van der Waals surface area contributed by atoms with Gasteiger partial charge in [-0.15, -0.1) is 0 Å². The van der Waals surface area contributed by atoms with Crippen LogP contribution in [-0.2, 0) is 0 Å². The van der Waals surface area contributed by atoms with Crippen molar-refractivity contribution in [2.45, 2.75) is 0 Å². The van der Waals surface area contributed by atoms with Crippen molar-refractivity contribution in [3.63, 3.8) is 0 Å². The lowest BCUT2D eigenvalue weighted by atomic mass is 10.2. The summed E-state index contributed by atoms with van der Waals surface area (Å²) in [6, 6.07) is 11.7. The third-order valence-electron chi connectivity index (χ3n) is 1.13. The average molecular weight is 199 g/mol. The zero-order valence-electron chi connectivity index (χ0n) is 8.24. The standard InChI is InChI=1S/C8H8.C3H3N.N3/c1-2-8-6-4-3-5-7-8;1-2-3-4;1-3-2/h2-7H,1H2;2H,1H2;/q;;-1. The summed E-state index contributed by atoms with van der Waals surface area (Å²) >= 11 is 0. The molecule has 0 saturated heterocycles. The van der Waals surface area contributed by atoms with E-state index >= 15 is 0 Å². The molecule has 4 heteroatoms. The molecule has 0 spiro atoms. The first-order valence-electron chi connectivity index (χ1n) is 3.93. The molecule has 0 N–H and O–H groups in total. The van der Waals surface area contributed by atoms with Crippen molar-refractivity contribution >= 4 is 6.08 Å². The first-order chi connectivity index (χ1) is 7.26. The van der Waals surface area contributed by atoms with Gasteiger partial charge in [0.25, 0.3) is 0 Å². The number of hydrogen-bond acceptors (Lipinski definition) is 1. The number of allylic oxidation sites excluding steroid dienone is 1. The van der Waals surface area contributed by atoms with Crippen LogP contribution in [-0.4, -0.2) is 0 Å². The smallest absolute Gasteiger partial charge is 0.0905 e. The average Bonchev–Trinajstić information content (AvgIpc) is 2.31. The summed E-state index contributed by atoms with van der Waals surface area (Å²) in [5.74, 6) is 0. The van der Waals surface area contributed by atoms with Crippen LogP contribution in [0.3, 0.4) is 0 Å². The highest BCUT2D eigenvalue weighted by Gasteiger charge is 1.75. The molecule has 0 aliphatic rings. The molecule has 1 rings (SSSR count). The van der Waals surface area contributed by atoms with E-state index in [1.165, 1.54) is 16.6 Å². The van der Waals surface area contributed by atoms with Gasteiger partial charge in [0, 0.05) is 6.08 Å². The number of hydrogen-bond donors (Lipinski definition) is 0. The second-order valence-electron chi connectivity index (χ2n) is 2.04. The molecule has 0 heterocycles. The molecule has 0 radical (unpaired) electrons. The number of nitrogens with zero attached hydrogens (tertiary/aromatic N) is 4. The van der Waals surface area contributed by atoms with Gasteiger partial charge in [-0.3, -0.25) is 4.91 Å². The van der Waals surface area contributed by atoms with Crippen LogP contribution in [0, 0.1) is 11.3 Å². The van der Waals surface area contributed by atoms with Gasteiger partial charge in [0.15, 0.2) is 0 Å². The summed E-state index contributed by atoms with van der Waals surface area (Å²) in [4.78, 5) is 1.50. The van der Waals surface area contributed by atoms with Gasteiger partial charge in [-0.25, -0.2) is 0 Å². The molecule has 0 aliphatic carbocycles. The molecule has 0 aliphatic heterocycles. The molecule has 1 aromatic rings. The Hall–Kier alpha value is -2.50. The molecule has 4 nitrogen and oxygen atoms in total. The maximum absolute atomic E-state index is 7.51. The monoisotopic (exact) mass is 199 g/mol. The SMILES string of the molecule is C=CC#N.C=Cc1ccccc1.[N-]=[N+]=[N-]. The number of benzene rings is 1. The van der Waals surface area contributed by atoms with E-state index in [4.69, 9.17) is 16.3 Å². The molecule has 0 fully saturated rings. The van der Waals surface area contributed by atoms with E-state index in [2.05, 4.69) is 13.2 Å². The van der Waals surface area contributed by atoms with Gasteiger partial charge in [0.1, 0.15) is 0 Å². The van der Waals surface area contributed by atoms with Crippen LogP contribution < -0.4 is 0 Å². The van der Waals surface area contributed by atoms with E-state index in [1.807, 2.05) is 36.4 Å². The maximum Gasteiger partial charge on any atom is 0.0905 e. The molecule has 0 unspecified atom stereocenters. The molecule has 0 atom stereocenters. The second kappa shape index (κ2) is 14.0. The Kier molecular flexibility index (Phi) is 14.0. The Morgan fingerprint density at radius 2 is 1.60 bits per heavy atom. The zero-order chi connectivity index (χ0) is 11.9. The number of nitriles is 1. The summed E-state index contributed by atoms with van der Waals surface area (Å²) in [6.07, 6.45) is 3.01. The summed E-state index contributed by atoms with van der Waals surface area (Å²) in [5.41, 5.74) is 14.7. The normalized spacial score (nSPS) is 6.07. The van der Waals surface area contributed by atoms with Gasteiger partial charge in [-0.2, -0.15) is 5.26 Å². The number of rotatable bonds is 1. The van der Waals surface area contributed by atoms with Gasteiger partial charge in [0.05, 0.1) is 6.07 Å². The fraction of sp³-hybridized carbons (Fsp3) is 0. The lowest BCUT2D eigenvalue weighted by molar-refractivity contribution is 1.54. The largest absolute Gasteiger partial charge is 0.373 e. The van der Waals surface area contributed by atoms with Gasteiger partial charge in [-0.1, -0.05) is 49.6 Å². The Morgan fingerprint density at radius 3 is 1.80 bits per heavy atom. The van der Waals surface area contributed by atoms with E-state index in [0.717, 1.165) is 0 Å². The Balaban J connectivity index is 0. The first kappa shape index (κ1) is 15.0. The molecular formula is C11H11N4-. The van der Waals surface area contributed by atoms with E-state index < -0.39 is 0 Å². The van der Waals surface area contributed by atoms with E-state index in [0.29, 0.717) is 0 Å². The summed E-state index contributed by atoms with van der Waals surface area (Å²) in [6.45, 7) is 6.75. The molecule has 76 valence electrons. The predicted octanol–water partition coefficient (Wildman–Crippen LogP) is 3.89. The van der Waals surface area contributed by atoms with Gasteiger partial charge in [-0.05, 0) is 5.56 Å². The van der Waals surface area contributed by atoms with Gasteiger partial charge >= 0.3 is 0 Å². The minimum atomic E-state index is 1.17. The molecule has 1 aromatic carbocycles. The quantitative estimate of drug-likeness (QED) is 0.292. The minimum Gasteiger partial charge on any atom is -0.373 e. The fourth-order valence-corrected chi connectivity index (χ4v) is 0.589. The Labute approximate surface area is 89.2 Å². The van der Waals surface area contributed by atoms with E-state index in [-0.39, 0.29) is 0 Å². The topological polar surface area (TPSA) is 82.5 Å². The van der Waals surface area contributed by atoms with Crippen LogP contribution >= 0.6 is 0 Å². The van der Waals surface area contributed by atoms with Crippen molar-refractivity contribution < 1.29 is 0 Å². The van der Waals surface area contributed by atoms with Crippen molar-refractivity contribution in [3.8, 4) is 6.07 Å². The predicted molar refractivity (Wildman–Crippen MR) is 62.4 cm³/mol. The lowest BCUT2D eigenvalue weighted by Crippen LogP contribution is -1.63. The van der Waals surface area contributed by atoms with Crippen molar-refractivity contribution in [3.05, 3.63) is 71.1 Å². The fourth-order valence-electron chi connectivity index (χ4n) is 0.589. The summed E-state index contributed by atoms with van der Waals surface area (Å²) in [5, 5.41) is 7.51. The highest BCUT2D eigenvalue weighted by atomic mass is 15.0. The van der Waals surface area contributed by atoms with Crippen LogP contribution in [0.15, 0.2) is 49.6 Å². The zero-order valence-corrected chi connectivity index (χ0v) is 8.24. The van der Waals surface area contributed by atoms with Crippen LogP contribution in [0.5, 0.6) is 0 Å². The van der Waals surface area contributed by atoms with Crippen molar-refractivity contribution in [1.29, 1.82) is 5.26 Å². The minimum absolute atomic E-state index is 1.17. The van der Waals surface area contributed by atoms with Crippen molar-refractivity contribution in [1.82, 2.24) is 0 Å². The molecule has 0 bridgehead atoms. The van der Waals surface area contributed by atoms with Crippen LogP contribution in [0.2, 0.25) is 0 Å². The van der Waals surface area contributed by atoms with Crippen LogP contribution in [0.25, 0.3) is 22.0 Å². The highest BCUT2D eigenvalue weighted by Crippen LogP contribution is 1.97. The molecule has 0 amide bonds. The van der Waals surface area contributed by atoms with E-state index in [1.54, 1.807) is 6.07 Å². The summed E-state index contributed by atoms with van der Waals surface area (Å²) in [7, 11) is 0. The van der Waals surface area contributed by atoms with Crippen molar-refractivity contribution in [2.24, 2.45) is 0 Å². The lowest BCUT2D eigenvalue weighted by Gasteiger charge is -1.85. The molecule has 15 heavy (non-hydrogen) atoms. The van der Waals surface area contributed by atoms with Crippen molar-refractivity contribution in [2.75, 3.05) is 0 Å².